The molecular weight excluding hydrogens is 150 g/mol. The van der Waals surface area contributed by atoms with Crippen molar-refractivity contribution >= 4 is 0 Å². The van der Waals surface area contributed by atoms with Crippen LogP contribution in [0.1, 0.15) is 45.9 Å². The summed E-state index contributed by atoms with van der Waals surface area (Å²) in [6.45, 7) is 8.86. The average Bonchev–Trinajstić information content (AvgIpc) is 2.38. The van der Waals surface area contributed by atoms with Crippen LogP contribution in [-0.4, -0.2) is 15.2 Å². The van der Waals surface area contributed by atoms with Gasteiger partial charge in [-0.1, -0.05) is 27.7 Å². The third kappa shape index (κ3) is 1.84. The van der Waals surface area contributed by atoms with E-state index in [4.69, 9.17) is 0 Å². The first-order valence-electron chi connectivity index (χ1n) is 4.41. The largest absolute Gasteiger partial charge is 0.263 e. The van der Waals surface area contributed by atoms with Gasteiger partial charge in [0.25, 0.3) is 0 Å². The molecule has 0 spiro atoms. The lowest BCUT2D eigenvalue weighted by Gasteiger charge is -2.27. The second kappa shape index (κ2) is 3.25. The highest BCUT2D eigenvalue weighted by Crippen LogP contribution is 2.35. The van der Waals surface area contributed by atoms with Gasteiger partial charge in [-0.25, -0.2) is 4.98 Å². The van der Waals surface area contributed by atoms with Gasteiger partial charge >= 0.3 is 0 Å². The predicted octanol–water partition coefficient (Wildman–Crippen LogP) is 2.34. The molecule has 0 bridgehead atoms. The van der Waals surface area contributed by atoms with Crippen molar-refractivity contribution in [2.45, 2.75) is 40.0 Å². The second-order valence-corrected chi connectivity index (χ2v) is 4.20. The highest BCUT2D eigenvalue weighted by molar-refractivity contribution is 4.98. The minimum absolute atomic E-state index is 0.258. The van der Waals surface area contributed by atoms with Gasteiger partial charge in [-0.15, -0.1) is 0 Å². The van der Waals surface area contributed by atoms with Crippen LogP contribution in [0.3, 0.4) is 0 Å². The van der Waals surface area contributed by atoms with E-state index < -0.39 is 0 Å². The molecule has 12 heavy (non-hydrogen) atoms. The Morgan fingerprint density at radius 3 is 2.50 bits per heavy atom. The number of nitrogens with one attached hydrogen (secondary N) is 1. The Morgan fingerprint density at radius 1 is 1.50 bits per heavy atom. The van der Waals surface area contributed by atoms with Crippen molar-refractivity contribution in [3.8, 4) is 0 Å². The zero-order valence-electron chi connectivity index (χ0n) is 8.26. The molecule has 1 aromatic rings. The number of hydrogen-bond acceptors (Lipinski definition) is 2. The van der Waals surface area contributed by atoms with Crippen molar-refractivity contribution in [2.24, 2.45) is 5.41 Å². The van der Waals surface area contributed by atoms with Crippen molar-refractivity contribution < 1.29 is 0 Å². The topological polar surface area (TPSA) is 41.6 Å². The summed E-state index contributed by atoms with van der Waals surface area (Å²) in [5, 5.41) is 6.80. The first-order chi connectivity index (χ1) is 5.55. The SMILES string of the molecule is CCC(c1ncn[nH]1)C(C)(C)C. The van der Waals surface area contributed by atoms with Crippen molar-refractivity contribution in [1.82, 2.24) is 15.2 Å². The molecule has 0 aliphatic carbocycles. The quantitative estimate of drug-likeness (QED) is 0.734. The molecule has 0 fully saturated rings. The summed E-state index contributed by atoms with van der Waals surface area (Å²) in [6.07, 6.45) is 2.67. The fourth-order valence-electron chi connectivity index (χ4n) is 1.60. The van der Waals surface area contributed by atoms with Gasteiger partial charge in [-0.05, 0) is 11.8 Å². The summed E-state index contributed by atoms with van der Waals surface area (Å²) in [5.74, 6) is 1.48. The summed E-state index contributed by atoms with van der Waals surface area (Å²) >= 11 is 0. The summed E-state index contributed by atoms with van der Waals surface area (Å²) in [6, 6.07) is 0. The molecule has 1 unspecified atom stereocenters. The maximum Gasteiger partial charge on any atom is 0.137 e. The van der Waals surface area contributed by atoms with E-state index in [1.807, 2.05) is 0 Å². The second-order valence-electron chi connectivity index (χ2n) is 4.20. The molecule has 1 atom stereocenters. The van der Waals surface area contributed by atoms with Crippen LogP contribution in [0.5, 0.6) is 0 Å². The van der Waals surface area contributed by atoms with Crippen molar-refractivity contribution in [2.75, 3.05) is 0 Å². The first kappa shape index (κ1) is 9.23. The third-order valence-corrected chi connectivity index (χ3v) is 2.22. The normalized spacial score (nSPS) is 14.7. The Labute approximate surface area is 73.6 Å². The van der Waals surface area contributed by atoms with Gasteiger partial charge in [-0.2, -0.15) is 5.10 Å². The van der Waals surface area contributed by atoms with Gasteiger partial charge in [0.1, 0.15) is 12.2 Å². The van der Waals surface area contributed by atoms with Gasteiger partial charge in [0.2, 0.25) is 0 Å². The Hall–Kier alpha value is -0.860. The Balaban J connectivity index is 2.84. The number of aromatic amines is 1. The molecule has 1 rings (SSSR count). The minimum Gasteiger partial charge on any atom is -0.263 e. The summed E-state index contributed by atoms with van der Waals surface area (Å²) < 4.78 is 0. The standard InChI is InChI=1S/C9H17N3/c1-5-7(9(2,3)4)8-10-6-11-12-8/h6-7H,5H2,1-4H3,(H,10,11,12). The van der Waals surface area contributed by atoms with Crippen LogP contribution < -0.4 is 0 Å². The van der Waals surface area contributed by atoms with Gasteiger partial charge in [0, 0.05) is 5.92 Å². The van der Waals surface area contributed by atoms with E-state index in [2.05, 4.69) is 42.9 Å². The van der Waals surface area contributed by atoms with Crippen LogP contribution in [0.4, 0.5) is 0 Å². The molecule has 68 valence electrons. The summed E-state index contributed by atoms with van der Waals surface area (Å²) in [7, 11) is 0. The zero-order valence-corrected chi connectivity index (χ0v) is 8.26. The van der Waals surface area contributed by atoms with Crippen LogP contribution in [0, 0.1) is 5.41 Å². The van der Waals surface area contributed by atoms with Crippen LogP contribution in [0.15, 0.2) is 6.33 Å². The van der Waals surface area contributed by atoms with E-state index in [1.54, 1.807) is 6.33 Å². The molecule has 3 nitrogen and oxygen atoms in total. The van der Waals surface area contributed by atoms with E-state index in [0.717, 1.165) is 12.2 Å². The maximum absolute atomic E-state index is 4.19. The van der Waals surface area contributed by atoms with Crippen molar-refractivity contribution in [3.63, 3.8) is 0 Å². The molecule has 0 aliphatic rings. The third-order valence-electron chi connectivity index (χ3n) is 2.22. The van der Waals surface area contributed by atoms with Crippen molar-refractivity contribution in [3.05, 3.63) is 12.2 Å². The van der Waals surface area contributed by atoms with Gasteiger partial charge in [0.05, 0.1) is 0 Å². The number of aromatic nitrogens is 3. The number of H-pyrrole nitrogens is 1. The molecular formula is C9H17N3. The number of hydrogen-bond donors (Lipinski definition) is 1. The monoisotopic (exact) mass is 167 g/mol. The van der Waals surface area contributed by atoms with Crippen LogP contribution >= 0.6 is 0 Å². The Bertz CT molecular complexity index is 220. The highest BCUT2D eigenvalue weighted by Gasteiger charge is 2.26. The lowest BCUT2D eigenvalue weighted by molar-refractivity contribution is 0.301. The molecule has 0 saturated carbocycles. The molecule has 1 heterocycles. The van der Waals surface area contributed by atoms with Crippen molar-refractivity contribution in [1.29, 1.82) is 0 Å². The van der Waals surface area contributed by atoms with Crippen LogP contribution in [-0.2, 0) is 0 Å². The Kier molecular flexibility index (Phi) is 2.50. The smallest absolute Gasteiger partial charge is 0.137 e. The molecule has 0 saturated heterocycles. The van der Waals surface area contributed by atoms with E-state index >= 15 is 0 Å². The molecule has 1 aromatic heterocycles. The average molecular weight is 167 g/mol. The van der Waals surface area contributed by atoms with E-state index in [9.17, 15) is 0 Å². The number of nitrogens with zero attached hydrogens (tertiary/aromatic N) is 2. The van der Waals surface area contributed by atoms with E-state index in [0.29, 0.717) is 5.92 Å². The van der Waals surface area contributed by atoms with Crippen LogP contribution in [0.2, 0.25) is 0 Å². The molecule has 0 radical (unpaired) electrons. The zero-order chi connectivity index (χ0) is 9.19. The fraction of sp³-hybridized carbons (Fsp3) is 0.778. The Morgan fingerprint density at radius 2 is 2.17 bits per heavy atom. The molecule has 3 heteroatoms. The van der Waals surface area contributed by atoms with Crippen LogP contribution in [0.25, 0.3) is 0 Å². The van der Waals surface area contributed by atoms with E-state index in [1.165, 1.54) is 0 Å². The van der Waals surface area contributed by atoms with E-state index in [-0.39, 0.29) is 5.41 Å². The van der Waals surface area contributed by atoms with Gasteiger partial charge < -0.3 is 0 Å². The summed E-state index contributed by atoms with van der Waals surface area (Å²) in [5.41, 5.74) is 0.258. The first-order valence-corrected chi connectivity index (χ1v) is 4.41. The maximum atomic E-state index is 4.19. The van der Waals surface area contributed by atoms with Gasteiger partial charge in [-0.3, -0.25) is 5.10 Å². The highest BCUT2D eigenvalue weighted by atomic mass is 15.2. The fourth-order valence-corrected chi connectivity index (χ4v) is 1.60. The predicted molar refractivity (Wildman–Crippen MR) is 48.9 cm³/mol. The van der Waals surface area contributed by atoms with Gasteiger partial charge in [0.15, 0.2) is 0 Å². The minimum atomic E-state index is 0.258. The molecule has 0 amide bonds. The molecule has 1 N–H and O–H groups in total. The number of rotatable bonds is 2. The summed E-state index contributed by atoms with van der Waals surface area (Å²) in [4.78, 5) is 4.19. The lowest BCUT2D eigenvalue weighted by Crippen LogP contribution is -2.18. The molecule has 0 aliphatic heterocycles. The lowest BCUT2D eigenvalue weighted by atomic mass is 9.79. The molecule has 0 aromatic carbocycles.